The van der Waals surface area contributed by atoms with E-state index in [1.807, 2.05) is 26.0 Å². The Morgan fingerprint density at radius 1 is 0.765 bits per heavy atom. The molecule has 0 unspecified atom stereocenters. The van der Waals surface area contributed by atoms with E-state index in [2.05, 4.69) is 0 Å². The van der Waals surface area contributed by atoms with Gasteiger partial charge in [-0.05, 0) is 49.2 Å². The molecule has 17 heavy (non-hydrogen) atoms. The van der Waals surface area contributed by atoms with Crippen molar-refractivity contribution in [2.75, 3.05) is 0 Å². The van der Waals surface area contributed by atoms with Gasteiger partial charge in [-0.2, -0.15) is 0 Å². The Balaban J connectivity index is 2.51. The number of benzene rings is 2. The smallest absolute Gasteiger partial charge is 0.119 e. The highest BCUT2D eigenvalue weighted by molar-refractivity contribution is 7.25. The molecule has 0 saturated heterocycles. The third-order valence-electron chi connectivity index (χ3n) is 3.11. The standard InChI is InChI=1S/C14H12O2S/c1-7-3-13-9(5-11(7)15)10-6-12(16)8(2)4-14(10)17-13/h3-6,15-16H,1-2H3. The van der Waals surface area contributed by atoms with Crippen LogP contribution in [0.5, 0.6) is 11.5 Å². The Bertz CT molecular complexity index is 679. The predicted molar refractivity (Wildman–Crippen MR) is 72.1 cm³/mol. The van der Waals surface area contributed by atoms with E-state index in [1.54, 1.807) is 23.5 Å². The molecule has 0 radical (unpaired) electrons. The molecule has 2 nitrogen and oxygen atoms in total. The topological polar surface area (TPSA) is 40.5 Å². The first-order chi connectivity index (χ1) is 8.06. The SMILES string of the molecule is Cc1cc2sc3cc(C)c(O)cc3c2cc1O. The zero-order valence-electron chi connectivity index (χ0n) is 9.61. The van der Waals surface area contributed by atoms with Crippen LogP contribution in [0.15, 0.2) is 24.3 Å². The molecule has 1 heterocycles. The molecule has 3 aromatic rings. The average Bonchev–Trinajstić information content (AvgIpc) is 2.58. The molecule has 0 aliphatic rings. The summed E-state index contributed by atoms with van der Waals surface area (Å²) in [5.41, 5.74) is 1.76. The number of aryl methyl sites for hydroxylation is 2. The van der Waals surface area contributed by atoms with Crippen molar-refractivity contribution < 1.29 is 10.2 Å². The third kappa shape index (κ3) is 1.46. The fraction of sp³-hybridized carbons (Fsp3) is 0.143. The summed E-state index contributed by atoms with van der Waals surface area (Å²) in [6.07, 6.45) is 0. The number of rotatable bonds is 0. The van der Waals surface area contributed by atoms with Gasteiger partial charge >= 0.3 is 0 Å². The molecule has 0 fully saturated rings. The maximum atomic E-state index is 9.76. The first-order valence-electron chi connectivity index (χ1n) is 5.41. The van der Waals surface area contributed by atoms with Crippen LogP contribution in [0.1, 0.15) is 11.1 Å². The van der Waals surface area contributed by atoms with E-state index in [-0.39, 0.29) is 0 Å². The predicted octanol–water partition coefficient (Wildman–Crippen LogP) is 4.08. The van der Waals surface area contributed by atoms with Crippen molar-refractivity contribution in [3.8, 4) is 11.5 Å². The summed E-state index contributed by atoms with van der Waals surface area (Å²) in [6, 6.07) is 7.53. The molecular formula is C14H12O2S. The number of hydrogen-bond acceptors (Lipinski definition) is 3. The van der Waals surface area contributed by atoms with Crippen LogP contribution in [0, 0.1) is 13.8 Å². The van der Waals surface area contributed by atoms with Gasteiger partial charge in [0.15, 0.2) is 0 Å². The van der Waals surface area contributed by atoms with Gasteiger partial charge in [0.05, 0.1) is 0 Å². The fourth-order valence-electron chi connectivity index (χ4n) is 2.05. The van der Waals surface area contributed by atoms with Gasteiger partial charge in [0, 0.05) is 20.2 Å². The monoisotopic (exact) mass is 244 g/mol. The van der Waals surface area contributed by atoms with Crippen molar-refractivity contribution in [2.24, 2.45) is 0 Å². The lowest BCUT2D eigenvalue weighted by Crippen LogP contribution is -1.75. The molecule has 0 spiro atoms. The van der Waals surface area contributed by atoms with E-state index in [9.17, 15) is 10.2 Å². The zero-order valence-corrected chi connectivity index (χ0v) is 10.4. The largest absolute Gasteiger partial charge is 0.508 e. The lowest BCUT2D eigenvalue weighted by atomic mass is 10.1. The fourth-order valence-corrected chi connectivity index (χ4v) is 3.31. The van der Waals surface area contributed by atoms with Crippen LogP contribution in [-0.2, 0) is 0 Å². The molecule has 2 aromatic carbocycles. The number of hydrogen-bond donors (Lipinski definition) is 2. The number of aromatic hydroxyl groups is 2. The van der Waals surface area contributed by atoms with E-state index >= 15 is 0 Å². The Morgan fingerprint density at radius 2 is 1.18 bits per heavy atom. The van der Waals surface area contributed by atoms with Crippen LogP contribution >= 0.6 is 11.3 Å². The number of thiophene rings is 1. The van der Waals surface area contributed by atoms with Crippen LogP contribution in [0.2, 0.25) is 0 Å². The van der Waals surface area contributed by atoms with Crippen LogP contribution in [0.25, 0.3) is 20.2 Å². The molecule has 0 saturated carbocycles. The maximum absolute atomic E-state index is 9.76. The number of fused-ring (bicyclic) bond motifs is 3. The van der Waals surface area contributed by atoms with Gasteiger partial charge in [0.25, 0.3) is 0 Å². The Hall–Kier alpha value is -1.74. The first kappa shape index (κ1) is 10.4. The molecule has 3 heteroatoms. The van der Waals surface area contributed by atoms with Gasteiger partial charge in [-0.1, -0.05) is 0 Å². The Labute approximate surface area is 103 Å². The quantitative estimate of drug-likeness (QED) is 0.625. The van der Waals surface area contributed by atoms with Crippen LogP contribution < -0.4 is 0 Å². The lowest BCUT2D eigenvalue weighted by Gasteiger charge is -2.00. The molecule has 0 aliphatic heterocycles. The molecule has 86 valence electrons. The van der Waals surface area contributed by atoms with Gasteiger partial charge in [0.1, 0.15) is 11.5 Å². The van der Waals surface area contributed by atoms with Crippen LogP contribution in [-0.4, -0.2) is 10.2 Å². The minimum atomic E-state index is 0.303. The lowest BCUT2D eigenvalue weighted by molar-refractivity contribution is 0.471. The van der Waals surface area contributed by atoms with Gasteiger partial charge in [-0.25, -0.2) is 0 Å². The highest BCUT2D eigenvalue weighted by Crippen LogP contribution is 2.39. The second-order valence-electron chi connectivity index (χ2n) is 4.37. The molecule has 1 aromatic heterocycles. The molecule has 0 bridgehead atoms. The normalized spacial score (nSPS) is 11.4. The van der Waals surface area contributed by atoms with Crippen LogP contribution in [0.4, 0.5) is 0 Å². The number of phenols is 2. The molecule has 2 N–H and O–H groups in total. The summed E-state index contributed by atoms with van der Waals surface area (Å²) < 4.78 is 2.28. The van der Waals surface area contributed by atoms with Crippen molar-refractivity contribution in [1.82, 2.24) is 0 Å². The van der Waals surface area contributed by atoms with Gasteiger partial charge in [-0.15, -0.1) is 11.3 Å². The van der Waals surface area contributed by atoms with Crippen molar-refractivity contribution in [1.29, 1.82) is 0 Å². The van der Waals surface area contributed by atoms with E-state index in [1.165, 1.54) is 0 Å². The third-order valence-corrected chi connectivity index (χ3v) is 4.22. The van der Waals surface area contributed by atoms with Crippen LogP contribution in [0.3, 0.4) is 0 Å². The highest BCUT2D eigenvalue weighted by Gasteiger charge is 2.09. The van der Waals surface area contributed by atoms with Gasteiger partial charge in [0.2, 0.25) is 0 Å². The summed E-state index contributed by atoms with van der Waals surface area (Å²) in [5.74, 6) is 0.606. The molecule has 0 amide bonds. The Kier molecular flexibility index (Phi) is 2.07. The van der Waals surface area contributed by atoms with Gasteiger partial charge < -0.3 is 10.2 Å². The van der Waals surface area contributed by atoms with Crippen molar-refractivity contribution >= 4 is 31.5 Å². The molecule has 3 rings (SSSR count). The van der Waals surface area contributed by atoms with E-state index < -0.39 is 0 Å². The summed E-state index contributed by atoms with van der Waals surface area (Å²) in [5, 5.41) is 21.5. The van der Waals surface area contributed by atoms with Crippen molar-refractivity contribution in [3.63, 3.8) is 0 Å². The maximum Gasteiger partial charge on any atom is 0.119 e. The zero-order chi connectivity index (χ0) is 12.2. The summed E-state index contributed by atoms with van der Waals surface area (Å²) in [6.45, 7) is 3.78. The molecule has 0 atom stereocenters. The van der Waals surface area contributed by atoms with E-state index in [4.69, 9.17) is 0 Å². The van der Waals surface area contributed by atoms with E-state index in [0.29, 0.717) is 11.5 Å². The van der Waals surface area contributed by atoms with Gasteiger partial charge in [-0.3, -0.25) is 0 Å². The minimum absolute atomic E-state index is 0.303. The highest BCUT2D eigenvalue weighted by atomic mass is 32.1. The molecular weight excluding hydrogens is 232 g/mol. The molecule has 0 aliphatic carbocycles. The summed E-state index contributed by atoms with van der Waals surface area (Å²) >= 11 is 1.69. The van der Waals surface area contributed by atoms with Crippen molar-refractivity contribution in [3.05, 3.63) is 35.4 Å². The number of phenolic OH excluding ortho intramolecular Hbond substituents is 2. The Morgan fingerprint density at radius 3 is 1.59 bits per heavy atom. The first-order valence-corrected chi connectivity index (χ1v) is 6.23. The van der Waals surface area contributed by atoms with Crippen molar-refractivity contribution in [2.45, 2.75) is 13.8 Å². The average molecular weight is 244 g/mol. The van der Waals surface area contributed by atoms with E-state index in [0.717, 1.165) is 31.3 Å². The summed E-state index contributed by atoms with van der Waals surface area (Å²) in [4.78, 5) is 0. The second-order valence-corrected chi connectivity index (χ2v) is 5.46. The second kappa shape index (κ2) is 3.37. The minimum Gasteiger partial charge on any atom is -0.508 e. The summed E-state index contributed by atoms with van der Waals surface area (Å²) in [7, 11) is 0.